The number of anilines is 1. The van der Waals surface area contributed by atoms with Crippen LogP contribution in [0.25, 0.3) is 0 Å². The first-order valence-electron chi connectivity index (χ1n) is 7.13. The van der Waals surface area contributed by atoms with Gasteiger partial charge in [0.2, 0.25) is 0 Å². The lowest BCUT2D eigenvalue weighted by Crippen LogP contribution is -2.13. The number of hydrogen-bond donors (Lipinski definition) is 2. The van der Waals surface area contributed by atoms with Gasteiger partial charge in [0, 0.05) is 0 Å². The third-order valence-electron chi connectivity index (χ3n) is 3.85. The minimum atomic E-state index is -0.546. The fourth-order valence-electron chi connectivity index (χ4n) is 2.75. The van der Waals surface area contributed by atoms with E-state index in [0.717, 1.165) is 12.8 Å². The molecule has 0 bridgehead atoms. The Balaban J connectivity index is 1.95. The van der Waals surface area contributed by atoms with Gasteiger partial charge in [-0.15, -0.1) is 0 Å². The number of rotatable bonds is 3. The molecule has 4 heteroatoms. The third-order valence-corrected chi connectivity index (χ3v) is 3.85. The lowest BCUT2D eigenvalue weighted by molar-refractivity contribution is 0.0998. The summed E-state index contributed by atoms with van der Waals surface area (Å²) in [6.07, 6.45) is 4.64. The van der Waals surface area contributed by atoms with Gasteiger partial charge in [-0.1, -0.05) is 12.1 Å². The zero-order chi connectivity index (χ0) is 14.8. The van der Waals surface area contributed by atoms with E-state index in [1.165, 1.54) is 24.0 Å². The largest absolute Gasteiger partial charge is 0.454 e. The Kier molecular flexibility index (Phi) is 3.52. The Morgan fingerprint density at radius 1 is 1.05 bits per heavy atom. The van der Waals surface area contributed by atoms with E-state index in [1.807, 2.05) is 12.1 Å². The number of fused-ring (bicyclic) bond motifs is 1. The molecule has 0 heterocycles. The van der Waals surface area contributed by atoms with Crippen molar-refractivity contribution in [1.82, 2.24) is 0 Å². The second-order valence-corrected chi connectivity index (χ2v) is 5.33. The zero-order valence-corrected chi connectivity index (χ0v) is 11.8. The Hall–Kier alpha value is -2.49. The van der Waals surface area contributed by atoms with E-state index in [1.54, 1.807) is 18.2 Å². The van der Waals surface area contributed by atoms with Gasteiger partial charge in [0.15, 0.2) is 5.75 Å². The molecule has 1 aliphatic carbocycles. The van der Waals surface area contributed by atoms with E-state index < -0.39 is 5.91 Å². The first-order chi connectivity index (χ1) is 10.1. The monoisotopic (exact) mass is 282 g/mol. The molecule has 0 aromatic heterocycles. The van der Waals surface area contributed by atoms with Gasteiger partial charge >= 0.3 is 0 Å². The van der Waals surface area contributed by atoms with Gasteiger partial charge in [-0.3, -0.25) is 4.79 Å². The van der Waals surface area contributed by atoms with E-state index >= 15 is 0 Å². The van der Waals surface area contributed by atoms with Crippen LogP contribution in [0, 0.1) is 0 Å². The summed E-state index contributed by atoms with van der Waals surface area (Å²) in [5, 5.41) is 0. The van der Waals surface area contributed by atoms with Crippen LogP contribution in [0.3, 0.4) is 0 Å². The smallest absolute Gasteiger partial charge is 0.252 e. The maximum atomic E-state index is 11.5. The van der Waals surface area contributed by atoms with Gasteiger partial charge in [0.25, 0.3) is 5.91 Å². The zero-order valence-electron chi connectivity index (χ0n) is 11.8. The molecule has 2 aromatic carbocycles. The highest BCUT2D eigenvalue weighted by atomic mass is 16.5. The lowest BCUT2D eigenvalue weighted by Gasteiger charge is -2.17. The first-order valence-corrected chi connectivity index (χ1v) is 7.13. The van der Waals surface area contributed by atoms with E-state index in [9.17, 15) is 4.79 Å². The van der Waals surface area contributed by atoms with Crippen LogP contribution < -0.4 is 16.2 Å². The van der Waals surface area contributed by atoms with Gasteiger partial charge < -0.3 is 16.2 Å². The Morgan fingerprint density at radius 2 is 1.81 bits per heavy atom. The molecular weight excluding hydrogens is 264 g/mol. The molecule has 0 saturated heterocycles. The topological polar surface area (TPSA) is 78.3 Å². The van der Waals surface area contributed by atoms with Crippen LogP contribution in [0.1, 0.15) is 34.3 Å². The Morgan fingerprint density at radius 3 is 2.57 bits per heavy atom. The van der Waals surface area contributed by atoms with Gasteiger partial charge in [-0.25, -0.2) is 0 Å². The molecule has 0 spiro atoms. The fourth-order valence-corrected chi connectivity index (χ4v) is 2.75. The number of ether oxygens (including phenoxy) is 1. The van der Waals surface area contributed by atoms with Crippen molar-refractivity contribution in [2.75, 3.05) is 5.73 Å². The summed E-state index contributed by atoms with van der Waals surface area (Å²) in [4.78, 5) is 11.5. The maximum absolute atomic E-state index is 11.5. The van der Waals surface area contributed by atoms with Crippen molar-refractivity contribution in [2.45, 2.75) is 25.7 Å². The number of primary amides is 1. The molecule has 0 unspecified atom stereocenters. The molecule has 0 saturated carbocycles. The van der Waals surface area contributed by atoms with Crippen LogP contribution in [0.15, 0.2) is 36.4 Å². The number of para-hydroxylation sites is 1. The molecule has 21 heavy (non-hydrogen) atoms. The number of nitrogen functional groups attached to an aromatic ring is 1. The maximum Gasteiger partial charge on any atom is 0.252 e. The summed E-state index contributed by atoms with van der Waals surface area (Å²) in [6, 6.07) is 11.0. The van der Waals surface area contributed by atoms with Crippen LogP contribution in [0.4, 0.5) is 5.69 Å². The fraction of sp³-hybridized carbons (Fsp3) is 0.235. The number of aryl methyl sites for hydroxylation is 2. The van der Waals surface area contributed by atoms with Crippen LogP contribution in [-0.4, -0.2) is 5.91 Å². The van der Waals surface area contributed by atoms with E-state index in [-0.39, 0.29) is 0 Å². The second kappa shape index (κ2) is 5.48. The van der Waals surface area contributed by atoms with Gasteiger partial charge in [0.1, 0.15) is 5.75 Å². The highest BCUT2D eigenvalue weighted by molar-refractivity contribution is 5.97. The van der Waals surface area contributed by atoms with Crippen LogP contribution in [0.5, 0.6) is 11.5 Å². The van der Waals surface area contributed by atoms with Crippen molar-refractivity contribution in [3.8, 4) is 11.5 Å². The quantitative estimate of drug-likeness (QED) is 0.849. The average Bonchev–Trinajstić information content (AvgIpc) is 2.49. The average molecular weight is 282 g/mol. The molecule has 1 aliphatic rings. The normalized spacial score (nSPS) is 13.5. The molecule has 4 nitrogen and oxygen atoms in total. The molecule has 0 radical (unpaired) electrons. The van der Waals surface area contributed by atoms with Gasteiger partial charge in [-0.2, -0.15) is 0 Å². The number of carbonyl (C=O) groups excluding carboxylic acids is 1. The van der Waals surface area contributed by atoms with Crippen molar-refractivity contribution in [2.24, 2.45) is 5.73 Å². The van der Waals surface area contributed by atoms with E-state index in [2.05, 4.69) is 6.07 Å². The molecular formula is C17H18N2O2. The Labute approximate surface area is 123 Å². The SMILES string of the molecule is NC(=O)c1cccc(N)c1Oc1ccc2c(c1)CCCC2. The highest BCUT2D eigenvalue weighted by Gasteiger charge is 2.15. The van der Waals surface area contributed by atoms with Crippen molar-refractivity contribution in [3.05, 3.63) is 53.1 Å². The van der Waals surface area contributed by atoms with E-state index in [0.29, 0.717) is 22.7 Å². The summed E-state index contributed by atoms with van der Waals surface area (Å²) in [5.41, 5.74) is 14.7. The summed E-state index contributed by atoms with van der Waals surface area (Å²) in [7, 11) is 0. The van der Waals surface area contributed by atoms with Crippen molar-refractivity contribution in [1.29, 1.82) is 0 Å². The number of amides is 1. The molecule has 0 fully saturated rings. The number of nitrogens with two attached hydrogens (primary N) is 2. The summed E-state index contributed by atoms with van der Waals surface area (Å²) in [6.45, 7) is 0. The van der Waals surface area contributed by atoms with E-state index in [4.69, 9.17) is 16.2 Å². The van der Waals surface area contributed by atoms with Crippen LogP contribution >= 0.6 is 0 Å². The molecule has 0 aliphatic heterocycles. The van der Waals surface area contributed by atoms with Crippen LogP contribution in [-0.2, 0) is 12.8 Å². The second-order valence-electron chi connectivity index (χ2n) is 5.33. The number of hydrogen-bond acceptors (Lipinski definition) is 3. The Bertz CT molecular complexity index is 695. The molecule has 4 N–H and O–H groups in total. The lowest BCUT2D eigenvalue weighted by atomic mass is 9.92. The molecule has 2 aromatic rings. The van der Waals surface area contributed by atoms with Crippen molar-refractivity contribution < 1.29 is 9.53 Å². The number of benzene rings is 2. The first kappa shape index (κ1) is 13.5. The van der Waals surface area contributed by atoms with Crippen molar-refractivity contribution in [3.63, 3.8) is 0 Å². The summed E-state index contributed by atoms with van der Waals surface area (Å²) >= 11 is 0. The number of carbonyl (C=O) groups is 1. The van der Waals surface area contributed by atoms with Gasteiger partial charge in [0.05, 0.1) is 11.3 Å². The standard InChI is InChI=1S/C17H18N2O2/c18-15-7-3-6-14(17(19)20)16(15)21-13-9-8-11-4-1-2-5-12(11)10-13/h3,6-10H,1-2,4-5,18H2,(H2,19,20). The third kappa shape index (κ3) is 2.70. The van der Waals surface area contributed by atoms with Crippen molar-refractivity contribution >= 4 is 11.6 Å². The molecule has 0 atom stereocenters. The molecule has 3 rings (SSSR count). The summed E-state index contributed by atoms with van der Waals surface area (Å²) < 4.78 is 5.84. The minimum absolute atomic E-state index is 0.299. The minimum Gasteiger partial charge on any atom is -0.454 e. The predicted molar refractivity (Wildman–Crippen MR) is 82.5 cm³/mol. The van der Waals surface area contributed by atoms with Crippen LogP contribution in [0.2, 0.25) is 0 Å². The summed E-state index contributed by atoms with van der Waals surface area (Å²) in [5.74, 6) is 0.479. The molecule has 108 valence electrons. The molecule has 1 amide bonds. The van der Waals surface area contributed by atoms with Gasteiger partial charge in [-0.05, 0) is 61.1 Å². The predicted octanol–water partition coefficient (Wildman–Crippen LogP) is 3.04. The highest BCUT2D eigenvalue weighted by Crippen LogP contribution is 2.33.